The molecule has 0 fully saturated rings. The van der Waals surface area contributed by atoms with Crippen LogP contribution in [0, 0.1) is 0 Å². The first kappa shape index (κ1) is 15.8. The van der Waals surface area contributed by atoms with Gasteiger partial charge in [0.15, 0.2) is 0 Å². The molecule has 0 spiro atoms. The fraction of sp³-hybridized carbons (Fsp3) is 0.294. The topological polar surface area (TPSA) is 57.3 Å². The Labute approximate surface area is 131 Å². The normalized spacial score (nSPS) is 10.4. The van der Waals surface area contributed by atoms with Crippen LogP contribution in [0.5, 0.6) is 0 Å². The molecule has 0 unspecified atom stereocenters. The molecule has 0 saturated carbocycles. The van der Waals surface area contributed by atoms with Crippen molar-refractivity contribution in [2.24, 2.45) is 0 Å². The molecule has 5 nitrogen and oxygen atoms in total. The Bertz CT molecular complexity index is 618. The SMILES string of the molecule is CC(C)Nc1ccc(C(=O)Nc2ccc(N(C)C)cc2)nc1. The number of aromatic nitrogens is 1. The quantitative estimate of drug-likeness (QED) is 0.890. The van der Waals surface area contributed by atoms with Crippen molar-refractivity contribution >= 4 is 23.0 Å². The van der Waals surface area contributed by atoms with E-state index in [1.165, 1.54) is 0 Å². The first-order chi connectivity index (χ1) is 10.5. The Kier molecular flexibility index (Phi) is 4.99. The van der Waals surface area contributed by atoms with Crippen LogP contribution in [0.3, 0.4) is 0 Å². The van der Waals surface area contributed by atoms with Gasteiger partial charge in [0.25, 0.3) is 5.91 Å². The average Bonchev–Trinajstić information content (AvgIpc) is 2.48. The van der Waals surface area contributed by atoms with E-state index in [2.05, 4.69) is 29.5 Å². The number of carbonyl (C=O) groups excluding carboxylic acids is 1. The molecule has 1 aromatic carbocycles. The number of rotatable bonds is 5. The fourth-order valence-corrected chi connectivity index (χ4v) is 1.98. The average molecular weight is 298 g/mol. The summed E-state index contributed by atoms with van der Waals surface area (Å²) in [5.41, 5.74) is 3.13. The molecular formula is C17H22N4O. The zero-order chi connectivity index (χ0) is 16.1. The van der Waals surface area contributed by atoms with Gasteiger partial charge in [-0.15, -0.1) is 0 Å². The molecule has 2 rings (SSSR count). The molecule has 2 N–H and O–H groups in total. The molecular weight excluding hydrogens is 276 g/mol. The van der Waals surface area contributed by atoms with Crippen molar-refractivity contribution in [1.82, 2.24) is 4.98 Å². The molecule has 0 radical (unpaired) electrons. The van der Waals surface area contributed by atoms with Crippen LogP contribution in [-0.4, -0.2) is 31.0 Å². The minimum absolute atomic E-state index is 0.214. The summed E-state index contributed by atoms with van der Waals surface area (Å²) in [7, 11) is 3.95. The van der Waals surface area contributed by atoms with Crippen LogP contribution >= 0.6 is 0 Å². The standard InChI is InChI=1S/C17H22N4O/c1-12(2)19-14-7-10-16(18-11-14)17(22)20-13-5-8-15(9-6-13)21(3)4/h5-12,19H,1-4H3,(H,20,22). The van der Waals surface area contributed by atoms with Crippen LogP contribution in [0.2, 0.25) is 0 Å². The molecule has 0 aliphatic rings. The Balaban J connectivity index is 2.02. The van der Waals surface area contributed by atoms with Crippen molar-refractivity contribution in [3.05, 3.63) is 48.3 Å². The monoisotopic (exact) mass is 298 g/mol. The van der Waals surface area contributed by atoms with E-state index in [0.717, 1.165) is 17.1 Å². The Morgan fingerprint density at radius 2 is 1.68 bits per heavy atom. The molecule has 0 saturated heterocycles. The van der Waals surface area contributed by atoms with Crippen molar-refractivity contribution in [1.29, 1.82) is 0 Å². The van der Waals surface area contributed by atoms with Crippen LogP contribution in [0.25, 0.3) is 0 Å². The van der Waals surface area contributed by atoms with Gasteiger partial charge in [-0.2, -0.15) is 0 Å². The summed E-state index contributed by atoms with van der Waals surface area (Å²) in [6.07, 6.45) is 1.67. The predicted molar refractivity (Wildman–Crippen MR) is 91.7 cm³/mol. The zero-order valence-corrected chi connectivity index (χ0v) is 13.4. The fourth-order valence-electron chi connectivity index (χ4n) is 1.98. The van der Waals surface area contributed by atoms with E-state index in [-0.39, 0.29) is 5.91 Å². The van der Waals surface area contributed by atoms with Crippen molar-refractivity contribution < 1.29 is 4.79 Å². The van der Waals surface area contributed by atoms with E-state index in [0.29, 0.717) is 11.7 Å². The zero-order valence-electron chi connectivity index (χ0n) is 13.4. The van der Waals surface area contributed by atoms with E-state index >= 15 is 0 Å². The Morgan fingerprint density at radius 1 is 1.05 bits per heavy atom. The molecule has 0 aliphatic carbocycles. The number of pyridine rings is 1. The molecule has 1 heterocycles. The van der Waals surface area contributed by atoms with Gasteiger partial charge in [0, 0.05) is 31.5 Å². The summed E-state index contributed by atoms with van der Waals surface area (Å²) in [5, 5.41) is 6.08. The second kappa shape index (κ2) is 6.93. The summed E-state index contributed by atoms with van der Waals surface area (Å²) in [4.78, 5) is 18.4. The maximum absolute atomic E-state index is 12.2. The molecule has 2 aromatic rings. The van der Waals surface area contributed by atoms with Gasteiger partial charge in [-0.05, 0) is 50.2 Å². The molecule has 22 heavy (non-hydrogen) atoms. The van der Waals surface area contributed by atoms with Gasteiger partial charge >= 0.3 is 0 Å². The lowest BCUT2D eigenvalue weighted by Gasteiger charge is -2.13. The Morgan fingerprint density at radius 3 is 2.18 bits per heavy atom. The summed E-state index contributed by atoms with van der Waals surface area (Å²) in [6, 6.07) is 11.6. The van der Waals surface area contributed by atoms with Gasteiger partial charge in [-0.25, -0.2) is 4.98 Å². The maximum atomic E-state index is 12.2. The summed E-state index contributed by atoms with van der Waals surface area (Å²) >= 11 is 0. The first-order valence-corrected chi connectivity index (χ1v) is 7.27. The van der Waals surface area contributed by atoms with Gasteiger partial charge in [0.05, 0.1) is 11.9 Å². The van der Waals surface area contributed by atoms with Crippen LogP contribution < -0.4 is 15.5 Å². The largest absolute Gasteiger partial charge is 0.382 e. The number of nitrogens with zero attached hydrogens (tertiary/aromatic N) is 2. The smallest absolute Gasteiger partial charge is 0.274 e. The number of carbonyl (C=O) groups is 1. The van der Waals surface area contributed by atoms with Crippen molar-refractivity contribution in [2.45, 2.75) is 19.9 Å². The highest BCUT2D eigenvalue weighted by Gasteiger charge is 2.08. The van der Waals surface area contributed by atoms with E-state index in [4.69, 9.17) is 0 Å². The molecule has 116 valence electrons. The Hall–Kier alpha value is -2.56. The number of nitrogens with one attached hydrogen (secondary N) is 2. The molecule has 0 aliphatic heterocycles. The number of amides is 1. The molecule has 0 atom stereocenters. The van der Waals surface area contributed by atoms with Crippen molar-refractivity contribution in [3.8, 4) is 0 Å². The van der Waals surface area contributed by atoms with Gasteiger partial charge in [0.2, 0.25) is 0 Å². The third kappa shape index (κ3) is 4.22. The van der Waals surface area contributed by atoms with Crippen molar-refractivity contribution in [2.75, 3.05) is 29.6 Å². The maximum Gasteiger partial charge on any atom is 0.274 e. The number of benzene rings is 1. The summed E-state index contributed by atoms with van der Waals surface area (Å²) in [6.45, 7) is 4.11. The molecule has 0 bridgehead atoms. The minimum Gasteiger partial charge on any atom is -0.382 e. The second-order valence-corrected chi connectivity index (χ2v) is 5.63. The lowest BCUT2D eigenvalue weighted by atomic mass is 10.2. The number of hydrogen-bond donors (Lipinski definition) is 2. The number of hydrogen-bond acceptors (Lipinski definition) is 4. The summed E-state index contributed by atoms with van der Waals surface area (Å²) < 4.78 is 0. The van der Waals surface area contributed by atoms with Crippen LogP contribution in [0.1, 0.15) is 24.3 Å². The van der Waals surface area contributed by atoms with E-state index < -0.39 is 0 Å². The van der Waals surface area contributed by atoms with Crippen molar-refractivity contribution in [3.63, 3.8) is 0 Å². The second-order valence-electron chi connectivity index (χ2n) is 5.63. The van der Waals surface area contributed by atoms with Gasteiger partial charge in [-0.3, -0.25) is 4.79 Å². The van der Waals surface area contributed by atoms with E-state index in [1.54, 1.807) is 12.3 Å². The molecule has 1 amide bonds. The highest BCUT2D eigenvalue weighted by molar-refractivity contribution is 6.03. The van der Waals surface area contributed by atoms with Gasteiger partial charge in [0.1, 0.15) is 5.69 Å². The number of anilines is 3. The van der Waals surface area contributed by atoms with Gasteiger partial charge in [-0.1, -0.05) is 0 Å². The lowest BCUT2D eigenvalue weighted by molar-refractivity contribution is 0.102. The third-order valence-corrected chi connectivity index (χ3v) is 3.09. The lowest BCUT2D eigenvalue weighted by Crippen LogP contribution is -2.15. The highest BCUT2D eigenvalue weighted by Crippen LogP contribution is 2.16. The first-order valence-electron chi connectivity index (χ1n) is 7.27. The van der Waals surface area contributed by atoms with Gasteiger partial charge < -0.3 is 15.5 Å². The highest BCUT2D eigenvalue weighted by atomic mass is 16.1. The summed E-state index contributed by atoms with van der Waals surface area (Å²) in [5.74, 6) is -0.214. The van der Waals surface area contributed by atoms with E-state index in [9.17, 15) is 4.79 Å². The minimum atomic E-state index is -0.214. The van der Waals surface area contributed by atoms with Crippen LogP contribution in [0.15, 0.2) is 42.6 Å². The predicted octanol–water partition coefficient (Wildman–Crippen LogP) is 3.22. The van der Waals surface area contributed by atoms with Crippen LogP contribution in [-0.2, 0) is 0 Å². The molecule has 1 aromatic heterocycles. The third-order valence-electron chi connectivity index (χ3n) is 3.09. The molecule has 5 heteroatoms. The van der Waals surface area contributed by atoms with Crippen LogP contribution in [0.4, 0.5) is 17.1 Å². The van der Waals surface area contributed by atoms with E-state index in [1.807, 2.05) is 49.3 Å².